The Balaban J connectivity index is 1.40. The lowest BCUT2D eigenvalue weighted by Crippen LogP contribution is -2.47. The fraction of sp³-hybridized carbons (Fsp3) is 0.545. The van der Waals surface area contributed by atoms with Gasteiger partial charge in [0.1, 0.15) is 5.82 Å². The summed E-state index contributed by atoms with van der Waals surface area (Å²) < 4.78 is 28.5. The van der Waals surface area contributed by atoms with E-state index in [1.807, 2.05) is 6.07 Å². The fourth-order valence-electron chi connectivity index (χ4n) is 8.25. The third-order valence-corrected chi connectivity index (χ3v) is 11.1. The second kappa shape index (κ2) is 9.54. The van der Waals surface area contributed by atoms with Crippen LogP contribution in [0.3, 0.4) is 0 Å². The molecular weight excluding hydrogens is 506 g/mol. The molecule has 2 aromatic rings. The van der Waals surface area contributed by atoms with Crippen LogP contribution in [-0.2, 0) is 20.5 Å². The van der Waals surface area contributed by atoms with E-state index in [1.54, 1.807) is 6.07 Å². The van der Waals surface area contributed by atoms with Crippen molar-refractivity contribution in [1.82, 2.24) is 0 Å². The molecule has 5 unspecified atom stereocenters. The van der Waals surface area contributed by atoms with Gasteiger partial charge in [-0.2, -0.15) is 0 Å². The summed E-state index contributed by atoms with van der Waals surface area (Å²) in [5.74, 6) is -0.547. The summed E-state index contributed by atoms with van der Waals surface area (Å²) in [6, 6.07) is 11.6. The summed E-state index contributed by atoms with van der Waals surface area (Å²) in [5.41, 5.74) is 3.68. The van der Waals surface area contributed by atoms with Crippen LogP contribution in [0.5, 0.6) is 0 Å². The van der Waals surface area contributed by atoms with E-state index in [0.29, 0.717) is 23.0 Å². The highest BCUT2D eigenvalue weighted by Crippen LogP contribution is 2.65. The maximum atomic E-state index is 15.8. The quantitative estimate of drug-likeness (QED) is 0.373. The second-order valence-corrected chi connectivity index (χ2v) is 13.7. The second-order valence-electron chi connectivity index (χ2n) is 13.7. The largest absolute Gasteiger partial charge is 0.494 e. The van der Waals surface area contributed by atoms with Crippen LogP contribution in [0.2, 0.25) is 0 Å². The maximum absolute atomic E-state index is 15.8. The Morgan fingerprint density at radius 2 is 1.70 bits per heavy atom. The van der Waals surface area contributed by atoms with Gasteiger partial charge in [-0.25, -0.2) is 9.18 Å². The summed E-state index contributed by atoms with van der Waals surface area (Å²) in [5, 5.41) is 20.1. The fourth-order valence-corrected chi connectivity index (χ4v) is 8.25. The number of aryl methyl sites for hydroxylation is 1. The van der Waals surface area contributed by atoms with Crippen molar-refractivity contribution in [2.75, 3.05) is 0 Å². The lowest BCUT2D eigenvalue weighted by molar-refractivity contribution is -0.131. The van der Waals surface area contributed by atoms with E-state index in [4.69, 9.17) is 14.4 Å². The molecule has 0 bridgehead atoms. The molecule has 6 atom stereocenters. The Bertz CT molecular complexity index is 1350. The topological polar surface area (TPSA) is 76.0 Å². The Morgan fingerprint density at radius 1 is 1.00 bits per heavy atom. The summed E-state index contributed by atoms with van der Waals surface area (Å²) >= 11 is 0. The van der Waals surface area contributed by atoms with Crippen molar-refractivity contribution in [1.29, 1.82) is 0 Å². The third-order valence-electron chi connectivity index (χ3n) is 11.1. The Labute approximate surface area is 236 Å². The van der Waals surface area contributed by atoms with E-state index in [9.17, 15) is 9.90 Å². The van der Waals surface area contributed by atoms with Crippen LogP contribution in [0.15, 0.2) is 42.5 Å². The maximum Gasteiger partial charge on any atom is 0.494 e. The van der Waals surface area contributed by atoms with E-state index < -0.39 is 24.3 Å². The summed E-state index contributed by atoms with van der Waals surface area (Å²) in [6.07, 6.45) is 6.55. The molecule has 0 amide bonds. The average Bonchev–Trinajstić information content (AvgIpc) is 3.31. The van der Waals surface area contributed by atoms with Crippen LogP contribution >= 0.6 is 0 Å². The Kier molecular flexibility index (Phi) is 6.60. The van der Waals surface area contributed by atoms with Crippen molar-refractivity contribution in [2.24, 2.45) is 17.3 Å². The first-order chi connectivity index (χ1) is 18.8. The van der Waals surface area contributed by atoms with E-state index in [0.717, 1.165) is 43.6 Å². The van der Waals surface area contributed by atoms with Gasteiger partial charge >= 0.3 is 13.1 Å². The molecule has 0 aromatic heterocycles. The minimum absolute atomic E-state index is 0.0850. The normalized spacial score (nSPS) is 34.0. The lowest BCUT2D eigenvalue weighted by atomic mass is 9.50. The number of fused-ring (bicyclic) bond motifs is 5. The number of halogens is 1. The van der Waals surface area contributed by atoms with Gasteiger partial charge in [-0.3, -0.25) is 0 Å². The number of aliphatic hydroxyl groups excluding tert-OH is 1. The van der Waals surface area contributed by atoms with Crippen molar-refractivity contribution in [3.05, 3.63) is 70.5 Å². The minimum atomic E-state index is -1.06. The molecule has 2 aromatic carbocycles. The van der Waals surface area contributed by atoms with Gasteiger partial charge in [0.05, 0.1) is 17.3 Å². The van der Waals surface area contributed by atoms with Crippen molar-refractivity contribution in [3.8, 4) is 0 Å². The van der Waals surface area contributed by atoms with Gasteiger partial charge in [0.25, 0.3) is 0 Å². The zero-order valence-electron chi connectivity index (χ0n) is 24.1. The van der Waals surface area contributed by atoms with Gasteiger partial charge in [-0.1, -0.05) is 37.3 Å². The molecule has 2 saturated carbocycles. The zero-order chi connectivity index (χ0) is 28.6. The standard InChI is InChI=1S/C33H40BFO5/c1-31(2)32(3,4)40-34(39-31)21-9-12-22-20(17-21)8-11-24-26-13-14-28(36)33(26,5)18-25(30(22)24)23-10-6-19(16-27(23)35)7-15-29(37)38/h6-7,9-10,12,15-17,24-26,28,30,36H,8,11,13-14,18H2,1-5H3,(H,37,38)/b15-7+/t24?,25-,26?,28?,30?,33?/m0/s1. The zero-order valence-corrected chi connectivity index (χ0v) is 24.1. The average molecular weight is 546 g/mol. The number of rotatable bonds is 4. The molecule has 7 heteroatoms. The molecule has 0 radical (unpaired) electrons. The molecule has 212 valence electrons. The van der Waals surface area contributed by atoms with Crippen LogP contribution in [0.1, 0.15) is 94.4 Å². The lowest BCUT2D eigenvalue weighted by Gasteiger charge is -2.54. The van der Waals surface area contributed by atoms with Gasteiger partial charge in [0, 0.05) is 6.08 Å². The van der Waals surface area contributed by atoms with Gasteiger partial charge in [0.2, 0.25) is 0 Å². The number of carboxylic acid groups (broad SMARTS) is 1. The van der Waals surface area contributed by atoms with Crippen LogP contribution in [-0.4, -0.2) is 40.6 Å². The van der Waals surface area contributed by atoms with E-state index >= 15 is 4.39 Å². The number of carboxylic acids is 1. The first kappa shape index (κ1) is 27.7. The van der Waals surface area contributed by atoms with Crippen LogP contribution < -0.4 is 5.46 Å². The predicted octanol–water partition coefficient (Wildman–Crippen LogP) is 5.83. The summed E-state index contributed by atoms with van der Waals surface area (Å²) in [6.45, 7) is 10.5. The molecule has 2 N–H and O–H groups in total. The van der Waals surface area contributed by atoms with E-state index in [-0.39, 0.29) is 29.2 Å². The molecule has 5 nitrogen and oxygen atoms in total. The number of benzene rings is 2. The van der Waals surface area contributed by atoms with Crippen LogP contribution in [0.25, 0.3) is 6.08 Å². The number of carbonyl (C=O) groups is 1. The van der Waals surface area contributed by atoms with E-state index in [2.05, 4.69) is 52.8 Å². The molecular formula is C33H40BFO5. The number of aliphatic hydroxyl groups is 1. The summed E-state index contributed by atoms with van der Waals surface area (Å²) in [7, 11) is -0.424. The highest BCUT2D eigenvalue weighted by atomic mass is 19.1. The van der Waals surface area contributed by atoms with Crippen molar-refractivity contribution in [3.63, 3.8) is 0 Å². The van der Waals surface area contributed by atoms with Gasteiger partial charge < -0.3 is 19.5 Å². The Morgan fingerprint density at radius 3 is 2.38 bits per heavy atom. The molecule has 4 aliphatic rings. The number of hydrogen-bond acceptors (Lipinski definition) is 4. The van der Waals surface area contributed by atoms with Crippen LogP contribution in [0, 0.1) is 23.1 Å². The third kappa shape index (κ3) is 4.36. The molecule has 6 rings (SSSR count). The predicted molar refractivity (Wildman–Crippen MR) is 154 cm³/mol. The molecule has 3 aliphatic carbocycles. The van der Waals surface area contributed by atoms with Crippen LogP contribution in [0.4, 0.5) is 4.39 Å². The van der Waals surface area contributed by atoms with Gasteiger partial charge in [-0.05, 0) is 129 Å². The Hall–Kier alpha value is -2.48. The molecule has 1 aliphatic heterocycles. The molecule has 3 fully saturated rings. The highest BCUT2D eigenvalue weighted by molar-refractivity contribution is 6.62. The summed E-state index contributed by atoms with van der Waals surface area (Å²) in [4.78, 5) is 11.0. The van der Waals surface area contributed by atoms with Gasteiger partial charge in [-0.15, -0.1) is 0 Å². The number of aliphatic carboxylic acids is 1. The SMILES string of the molecule is CC12C[C@@H](c3ccc(/C=C/C(=O)O)cc3F)C3c4ccc(B5OC(C)(C)C(C)(C)O5)cc4CCC3C1CCC2O. The smallest absolute Gasteiger partial charge is 0.478 e. The monoisotopic (exact) mass is 546 g/mol. The van der Waals surface area contributed by atoms with E-state index in [1.165, 1.54) is 23.3 Å². The molecule has 40 heavy (non-hydrogen) atoms. The van der Waals surface area contributed by atoms with Crippen molar-refractivity contribution < 1.29 is 28.7 Å². The van der Waals surface area contributed by atoms with Gasteiger partial charge in [0.15, 0.2) is 0 Å². The minimum Gasteiger partial charge on any atom is -0.478 e. The molecule has 0 spiro atoms. The number of hydrogen-bond donors (Lipinski definition) is 2. The molecule has 1 heterocycles. The van der Waals surface area contributed by atoms with Crippen molar-refractivity contribution in [2.45, 2.75) is 95.9 Å². The van der Waals surface area contributed by atoms with Crippen molar-refractivity contribution >= 4 is 24.6 Å². The first-order valence-corrected chi connectivity index (χ1v) is 14.7. The molecule has 1 saturated heterocycles. The first-order valence-electron chi connectivity index (χ1n) is 14.7. The highest BCUT2D eigenvalue weighted by Gasteiger charge is 2.58.